The first-order valence-electron chi connectivity index (χ1n) is 7.18. The largest absolute Gasteiger partial charge is 0.377 e. The van der Waals surface area contributed by atoms with Crippen LogP contribution in [-0.4, -0.2) is 17.7 Å². The summed E-state index contributed by atoms with van der Waals surface area (Å²) in [6, 6.07) is 0. The number of carbonyl (C=O) groups excluding carboxylic acids is 1. The highest BCUT2D eigenvalue weighted by atomic mass is 16.3. The van der Waals surface area contributed by atoms with E-state index in [4.69, 9.17) is 5.11 Å². The lowest BCUT2D eigenvalue weighted by molar-refractivity contribution is -0.122. The second kappa shape index (κ2) is 13.5. The first kappa shape index (κ1) is 16.4. The van der Waals surface area contributed by atoms with Crippen LogP contribution in [0.4, 0.5) is 0 Å². The Kier molecular flexibility index (Phi) is 13.0. The maximum Gasteiger partial charge on any atom is 0.221 e. The second-order valence-electron chi connectivity index (χ2n) is 4.69. The van der Waals surface area contributed by atoms with E-state index < -0.39 is 0 Å². The number of hydrogen-bond donors (Lipinski definition) is 2. The number of nitrogens with one attached hydrogen (secondary N) is 1. The molecule has 1 amide bonds. The lowest BCUT2D eigenvalue weighted by Crippen LogP contribution is -2.23. The Balaban J connectivity index is 3.01. The Bertz CT molecular complexity index is 172. The predicted molar refractivity (Wildman–Crippen MR) is 71.7 cm³/mol. The second-order valence-corrected chi connectivity index (χ2v) is 4.69. The number of rotatable bonds is 12. The van der Waals surface area contributed by atoms with Crippen LogP contribution in [-0.2, 0) is 4.79 Å². The summed E-state index contributed by atoms with van der Waals surface area (Å²) in [5.74, 6) is -0.0351. The van der Waals surface area contributed by atoms with E-state index in [1.807, 2.05) is 0 Å². The Morgan fingerprint density at radius 1 is 0.882 bits per heavy atom. The lowest BCUT2D eigenvalue weighted by atomic mass is 10.1. The molecule has 0 heterocycles. The van der Waals surface area contributed by atoms with Crippen LogP contribution in [0.3, 0.4) is 0 Å². The van der Waals surface area contributed by atoms with Crippen LogP contribution >= 0.6 is 0 Å². The van der Waals surface area contributed by atoms with Crippen LogP contribution < -0.4 is 5.32 Å². The lowest BCUT2D eigenvalue weighted by Gasteiger charge is -2.02. The number of unbranched alkanes of at least 4 members (excludes halogenated alkanes) is 9. The average molecular weight is 243 g/mol. The van der Waals surface area contributed by atoms with Crippen molar-refractivity contribution in [3.8, 4) is 0 Å². The van der Waals surface area contributed by atoms with Gasteiger partial charge < -0.3 is 10.4 Å². The zero-order chi connectivity index (χ0) is 12.8. The van der Waals surface area contributed by atoms with Crippen LogP contribution in [0.15, 0.2) is 0 Å². The molecule has 0 aliphatic carbocycles. The van der Waals surface area contributed by atoms with Crippen LogP contribution in [0.25, 0.3) is 0 Å². The van der Waals surface area contributed by atoms with Gasteiger partial charge in [0.15, 0.2) is 0 Å². The smallest absolute Gasteiger partial charge is 0.221 e. The number of amides is 1. The van der Waals surface area contributed by atoms with Gasteiger partial charge in [-0.15, -0.1) is 0 Å². The molecular formula is C14H29NO2. The summed E-state index contributed by atoms with van der Waals surface area (Å²) in [5.41, 5.74) is 0. The van der Waals surface area contributed by atoms with Gasteiger partial charge in [0.1, 0.15) is 6.73 Å². The van der Waals surface area contributed by atoms with Crippen LogP contribution in [0.1, 0.15) is 77.6 Å². The van der Waals surface area contributed by atoms with Crippen molar-refractivity contribution in [2.45, 2.75) is 77.6 Å². The van der Waals surface area contributed by atoms with Gasteiger partial charge in [-0.05, 0) is 6.42 Å². The zero-order valence-corrected chi connectivity index (χ0v) is 11.3. The van der Waals surface area contributed by atoms with E-state index in [2.05, 4.69) is 12.2 Å². The highest BCUT2D eigenvalue weighted by Gasteiger charge is 1.98. The van der Waals surface area contributed by atoms with Crippen molar-refractivity contribution in [3.05, 3.63) is 0 Å². The third kappa shape index (κ3) is 13.4. The van der Waals surface area contributed by atoms with Crippen molar-refractivity contribution in [3.63, 3.8) is 0 Å². The van der Waals surface area contributed by atoms with Crippen LogP contribution in [0.5, 0.6) is 0 Å². The van der Waals surface area contributed by atoms with Crippen LogP contribution in [0.2, 0.25) is 0 Å². The van der Waals surface area contributed by atoms with E-state index in [-0.39, 0.29) is 12.6 Å². The van der Waals surface area contributed by atoms with Gasteiger partial charge in [-0.3, -0.25) is 4.79 Å². The fourth-order valence-electron chi connectivity index (χ4n) is 1.95. The third-order valence-electron chi connectivity index (χ3n) is 3.03. The molecule has 0 fully saturated rings. The highest BCUT2D eigenvalue weighted by molar-refractivity contribution is 5.75. The van der Waals surface area contributed by atoms with Crippen LogP contribution in [0, 0.1) is 0 Å². The standard InChI is InChI=1S/C14H29NO2/c1-2-3-4-5-6-7-8-9-10-11-12-14(17)15-13-16/h16H,2-13H2,1H3,(H,15,17). The van der Waals surface area contributed by atoms with E-state index in [1.54, 1.807) is 0 Å². The number of aliphatic hydroxyl groups excluding tert-OH is 1. The summed E-state index contributed by atoms with van der Waals surface area (Å²) >= 11 is 0. The van der Waals surface area contributed by atoms with Crippen molar-refractivity contribution in [1.29, 1.82) is 0 Å². The third-order valence-corrected chi connectivity index (χ3v) is 3.03. The molecule has 0 bridgehead atoms. The van der Waals surface area contributed by atoms with Gasteiger partial charge in [0.05, 0.1) is 0 Å². The van der Waals surface area contributed by atoms with Gasteiger partial charge in [0.25, 0.3) is 0 Å². The first-order chi connectivity index (χ1) is 8.31. The zero-order valence-electron chi connectivity index (χ0n) is 11.3. The van der Waals surface area contributed by atoms with Crippen molar-refractivity contribution >= 4 is 5.91 Å². The summed E-state index contributed by atoms with van der Waals surface area (Å²) < 4.78 is 0. The molecule has 0 saturated heterocycles. The molecule has 0 rings (SSSR count). The van der Waals surface area contributed by atoms with Gasteiger partial charge in [-0.2, -0.15) is 0 Å². The molecule has 3 nitrogen and oxygen atoms in total. The summed E-state index contributed by atoms with van der Waals surface area (Å²) in [7, 11) is 0. The molecule has 0 aliphatic heterocycles. The van der Waals surface area contributed by atoms with Gasteiger partial charge >= 0.3 is 0 Å². The minimum atomic E-state index is -0.239. The molecule has 3 heteroatoms. The molecule has 2 N–H and O–H groups in total. The van der Waals surface area contributed by atoms with E-state index in [1.165, 1.54) is 51.4 Å². The van der Waals surface area contributed by atoms with E-state index in [0.717, 1.165) is 12.8 Å². The molecule has 0 atom stereocenters. The number of hydrogen-bond acceptors (Lipinski definition) is 2. The normalized spacial score (nSPS) is 10.5. The van der Waals surface area contributed by atoms with Gasteiger partial charge in [0.2, 0.25) is 5.91 Å². The summed E-state index contributed by atoms with van der Waals surface area (Å²) in [5, 5.41) is 10.9. The molecule has 0 aromatic heterocycles. The topological polar surface area (TPSA) is 49.3 Å². The molecule has 0 aromatic carbocycles. The molecule has 0 radical (unpaired) electrons. The average Bonchev–Trinajstić information content (AvgIpc) is 2.32. The van der Waals surface area contributed by atoms with E-state index in [0.29, 0.717) is 6.42 Å². The molecule has 17 heavy (non-hydrogen) atoms. The Hall–Kier alpha value is -0.570. The van der Waals surface area contributed by atoms with E-state index in [9.17, 15) is 4.79 Å². The summed E-state index contributed by atoms with van der Waals surface area (Å²) in [6.45, 7) is 2.00. The quantitative estimate of drug-likeness (QED) is 0.408. The molecule has 0 unspecified atom stereocenters. The Morgan fingerprint density at radius 2 is 1.35 bits per heavy atom. The highest BCUT2D eigenvalue weighted by Crippen LogP contribution is 2.11. The van der Waals surface area contributed by atoms with Crippen molar-refractivity contribution in [2.75, 3.05) is 6.73 Å². The Morgan fingerprint density at radius 3 is 1.82 bits per heavy atom. The monoisotopic (exact) mass is 243 g/mol. The molecule has 0 spiro atoms. The first-order valence-corrected chi connectivity index (χ1v) is 7.18. The SMILES string of the molecule is CCCCCCCCCCCCC(=O)NCO. The molecule has 0 aromatic rings. The predicted octanol–water partition coefficient (Wildman–Crippen LogP) is 3.36. The minimum absolute atomic E-state index is 0.0351. The minimum Gasteiger partial charge on any atom is -0.377 e. The molecule has 0 saturated carbocycles. The van der Waals surface area contributed by atoms with Crippen molar-refractivity contribution in [2.24, 2.45) is 0 Å². The summed E-state index contributed by atoms with van der Waals surface area (Å²) in [6.07, 6.45) is 13.3. The fraction of sp³-hybridized carbons (Fsp3) is 0.929. The summed E-state index contributed by atoms with van der Waals surface area (Å²) in [4.78, 5) is 11.0. The van der Waals surface area contributed by atoms with Crippen molar-refractivity contribution < 1.29 is 9.90 Å². The maximum absolute atomic E-state index is 11.0. The molecule has 102 valence electrons. The molecule has 0 aliphatic rings. The van der Waals surface area contributed by atoms with E-state index >= 15 is 0 Å². The number of carbonyl (C=O) groups is 1. The fourth-order valence-corrected chi connectivity index (χ4v) is 1.95. The Labute approximate surface area is 106 Å². The maximum atomic E-state index is 11.0. The van der Waals surface area contributed by atoms with Crippen molar-refractivity contribution in [1.82, 2.24) is 5.32 Å². The number of aliphatic hydroxyl groups is 1. The van der Waals surface area contributed by atoms with Gasteiger partial charge in [-0.1, -0.05) is 64.7 Å². The van der Waals surface area contributed by atoms with Gasteiger partial charge in [-0.25, -0.2) is 0 Å². The van der Waals surface area contributed by atoms with Gasteiger partial charge in [0, 0.05) is 6.42 Å². The molecular weight excluding hydrogens is 214 g/mol.